The zero-order valence-corrected chi connectivity index (χ0v) is 11.3. The van der Waals surface area contributed by atoms with Gasteiger partial charge in [0.2, 0.25) is 0 Å². The molecule has 0 atom stereocenters. The van der Waals surface area contributed by atoms with Crippen LogP contribution in [0, 0.1) is 5.41 Å². The molecule has 0 spiro atoms. The molecule has 0 saturated carbocycles. The van der Waals surface area contributed by atoms with Gasteiger partial charge in [-0.25, -0.2) is 0 Å². The molecule has 0 bridgehead atoms. The summed E-state index contributed by atoms with van der Waals surface area (Å²) in [6, 6.07) is 0. The van der Waals surface area contributed by atoms with E-state index in [0.29, 0.717) is 5.41 Å². The highest BCUT2D eigenvalue weighted by atomic mass is 16.1. The van der Waals surface area contributed by atoms with E-state index < -0.39 is 0 Å². The number of hydrogen-bond acceptors (Lipinski definition) is 1. The van der Waals surface area contributed by atoms with Gasteiger partial charge in [0.25, 0.3) is 0 Å². The van der Waals surface area contributed by atoms with Crippen molar-refractivity contribution >= 4 is 5.78 Å². The molecular weight excluding hydrogens is 196 g/mol. The number of Topliss-reactive ketones (excluding diaryl/α,β-unsaturated/α-hetero) is 1. The second kappa shape index (κ2) is 4.99. The van der Waals surface area contributed by atoms with Crippen LogP contribution >= 0.6 is 0 Å². The molecule has 0 saturated heterocycles. The van der Waals surface area contributed by atoms with Gasteiger partial charge in [0.15, 0.2) is 5.78 Å². The molecule has 0 unspecified atom stereocenters. The van der Waals surface area contributed by atoms with Crippen LogP contribution in [-0.2, 0) is 4.79 Å². The lowest BCUT2D eigenvalue weighted by Gasteiger charge is -2.34. The van der Waals surface area contributed by atoms with E-state index in [0.717, 1.165) is 12.0 Å². The number of ketones is 1. The Morgan fingerprint density at radius 2 is 2.00 bits per heavy atom. The normalized spacial score (nSPS) is 21.2. The van der Waals surface area contributed by atoms with Crippen molar-refractivity contribution in [2.24, 2.45) is 5.41 Å². The van der Waals surface area contributed by atoms with Gasteiger partial charge in [0.1, 0.15) is 0 Å². The number of carbonyl (C=O) groups is 1. The molecule has 1 heteroatoms. The average Bonchev–Trinajstić information content (AvgIpc) is 2.15. The van der Waals surface area contributed by atoms with Gasteiger partial charge in [-0.1, -0.05) is 31.1 Å². The smallest absolute Gasteiger partial charge is 0.155 e. The summed E-state index contributed by atoms with van der Waals surface area (Å²) >= 11 is 0. The Morgan fingerprint density at radius 3 is 2.50 bits per heavy atom. The highest BCUT2D eigenvalue weighted by Crippen LogP contribution is 2.41. The minimum absolute atomic E-state index is 0.187. The molecule has 0 aromatic carbocycles. The van der Waals surface area contributed by atoms with Crippen molar-refractivity contribution in [1.82, 2.24) is 0 Å². The highest BCUT2D eigenvalue weighted by Gasteiger charge is 2.27. The second-order valence-corrected chi connectivity index (χ2v) is 5.64. The SMILES string of the molecule is CC(=O)/C(C)=C/CC1=C(C)CCCC1(C)C. The van der Waals surface area contributed by atoms with E-state index >= 15 is 0 Å². The van der Waals surface area contributed by atoms with E-state index in [4.69, 9.17) is 0 Å². The van der Waals surface area contributed by atoms with Crippen molar-refractivity contribution in [3.05, 3.63) is 22.8 Å². The maximum Gasteiger partial charge on any atom is 0.155 e. The van der Waals surface area contributed by atoms with Crippen LogP contribution in [0.3, 0.4) is 0 Å². The van der Waals surface area contributed by atoms with Crippen molar-refractivity contribution in [1.29, 1.82) is 0 Å². The minimum Gasteiger partial charge on any atom is -0.295 e. The predicted molar refractivity (Wildman–Crippen MR) is 69.4 cm³/mol. The molecule has 0 aromatic heterocycles. The van der Waals surface area contributed by atoms with Gasteiger partial charge in [0.05, 0.1) is 0 Å². The summed E-state index contributed by atoms with van der Waals surface area (Å²) in [7, 11) is 0. The summed E-state index contributed by atoms with van der Waals surface area (Å²) in [5.41, 5.74) is 4.28. The Balaban J connectivity index is 2.86. The van der Waals surface area contributed by atoms with Gasteiger partial charge in [-0.15, -0.1) is 0 Å². The van der Waals surface area contributed by atoms with E-state index in [1.807, 2.05) is 6.92 Å². The Bertz CT molecular complexity index is 342. The van der Waals surface area contributed by atoms with Gasteiger partial charge in [-0.05, 0) is 57.4 Å². The summed E-state index contributed by atoms with van der Waals surface area (Å²) < 4.78 is 0. The molecule has 16 heavy (non-hydrogen) atoms. The van der Waals surface area contributed by atoms with E-state index in [1.54, 1.807) is 12.5 Å². The third kappa shape index (κ3) is 3.07. The second-order valence-electron chi connectivity index (χ2n) is 5.64. The zero-order chi connectivity index (χ0) is 12.3. The van der Waals surface area contributed by atoms with Crippen LogP contribution in [0.25, 0.3) is 0 Å². The van der Waals surface area contributed by atoms with Crippen molar-refractivity contribution in [3.63, 3.8) is 0 Å². The summed E-state index contributed by atoms with van der Waals surface area (Å²) in [5.74, 6) is 0.187. The fraction of sp³-hybridized carbons (Fsp3) is 0.667. The first-order valence-corrected chi connectivity index (χ1v) is 6.21. The summed E-state index contributed by atoms with van der Waals surface area (Å²) in [6.07, 6.45) is 6.84. The maximum atomic E-state index is 11.2. The molecule has 1 aliphatic rings. The molecule has 0 fully saturated rings. The first-order valence-electron chi connectivity index (χ1n) is 6.21. The van der Waals surface area contributed by atoms with E-state index in [9.17, 15) is 4.79 Å². The molecule has 0 aliphatic heterocycles. The summed E-state index contributed by atoms with van der Waals surface area (Å²) in [5, 5.41) is 0. The maximum absolute atomic E-state index is 11.2. The van der Waals surface area contributed by atoms with Gasteiger partial charge in [-0.2, -0.15) is 0 Å². The Hall–Kier alpha value is -0.850. The van der Waals surface area contributed by atoms with E-state index in [2.05, 4.69) is 26.8 Å². The van der Waals surface area contributed by atoms with Crippen LogP contribution < -0.4 is 0 Å². The van der Waals surface area contributed by atoms with Crippen molar-refractivity contribution < 1.29 is 4.79 Å². The lowest BCUT2D eigenvalue weighted by molar-refractivity contribution is -0.113. The van der Waals surface area contributed by atoms with E-state index in [1.165, 1.54) is 24.8 Å². The third-order valence-electron chi connectivity index (χ3n) is 3.85. The Morgan fingerprint density at radius 1 is 1.38 bits per heavy atom. The topological polar surface area (TPSA) is 17.1 Å². The zero-order valence-electron chi connectivity index (χ0n) is 11.3. The third-order valence-corrected chi connectivity index (χ3v) is 3.85. The molecule has 0 amide bonds. The van der Waals surface area contributed by atoms with Crippen molar-refractivity contribution in [2.75, 3.05) is 0 Å². The molecule has 0 N–H and O–H groups in total. The van der Waals surface area contributed by atoms with Gasteiger partial charge in [0, 0.05) is 0 Å². The first-order chi connectivity index (χ1) is 7.34. The average molecular weight is 220 g/mol. The van der Waals surface area contributed by atoms with Crippen LogP contribution in [0.1, 0.15) is 60.3 Å². The molecule has 90 valence electrons. The highest BCUT2D eigenvalue weighted by molar-refractivity contribution is 5.92. The molecule has 0 radical (unpaired) electrons. The standard InChI is InChI=1S/C15H24O/c1-11(13(3)16)8-9-14-12(2)7-6-10-15(14,4)5/h8H,6-7,9-10H2,1-5H3/b11-8+. The monoisotopic (exact) mass is 220 g/mol. The van der Waals surface area contributed by atoms with Gasteiger partial charge < -0.3 is 0 Å². The quantitative estimate of drug-likeness (QED) is 0.507. The Kier molecular flexibility index (Phi) is 4.12. The van der Waals surface area contributed by atoms with Crippen molar-refractivity contribution in [3.8, 4) is 0 Å². The molecule has 0 aromatic rings. The molecule has 1 aliphatic carbocycles. The number of rotatable bonds is 3. The predicted octanol–water partition coefficient (Wildman–Crippen LogP) is 4.44. The number of hydrogen-bond donors (Lipinski definition) is 0. The van der Waals surface area contributed by atoms with Crippen LogP contribution in [-0.4, -0.2) is 5.78 Å². The fourth-order valence-corrected chi connectivity index (χ4v) is 2.52. The lowest BCUT2D eigenvalue weighted by atomic mass is 9.71. The fourth-order valence-electron chi connectivity index (χ4n) is 2.52. The van der Waals surface area contributed by atoms with Gasteiger partial charge in [-0.3, -0.25) is 4.79 Å². The molecule has 1 nitrogen and oxygen atoms in total. The van der Waals surface area contributed by atoms with Crippen LogP contribution in [0.5, 0.6) is 0 Å². The summed E-state index contributed by atoms with van der Waals surface area (Å²) in [6.45, 7) is 10.4. The molecular formula is C15H24O. The van der Waals surface area contributed by atoms with Gasteiger partial charge >= 0.3 is 0 Å². The largest absolute Gasteiger partial charge is 0.295 e. The summed E-state index contributed by atoms with van der Waals surface area (Å²) in [4.78, 5) is 11.2. The van der Waals surface area contributed by atoms with Crippen molar-refractivity contribution in [2.45, 2.75) is 60.3 Å². The molecule has 0 heterocycles. The van der Waals surface area contributed by atoms with Crippen LogP contribution in [0.15, 0.2) is 22.8 Å². The number of allylic oxidation sites excluding steroid dienone is 4. The first kappa shape index (κ1) is 13.2. The lowest BCUT2D eigenvalue weighted by Crippen LogP contribution is -2.20. The molecule has 1 rings (SSSR count). The van der Waals surface area contributed by atoms with Crippen LogP contribution in [0.4, 0.5) is 0 Å². The Labute approximate surface area is 99.6 Å². The van der Waals surface area contributed by atoms with E-state index in [-0.39, 0.29) is 5.78 Å². The van der Waals surface area contributed by atoms with Crippen LogP contribution in [0.2, 0.25) is 0 Å². The number of carbonyl (C=O) groups excluding carboxylic acids is 1. The minimum atomic E-state index is 0.187.